The zero-order chi connectivity index (χ0) is 14.5. The number of methoxy groups -OCH3 is 2. The third-order valence-corrected chi connectivity index (χ3v) is 3.43. The van der Waals surface area contributed by atoms with Crippen molar-refractivity contribution in [2.24, 2.45) is 5.73 Å². The molecule has 0 aliphatic rings. The zero-order valence-corrected chi connectivity index (χ0v) is 12.0. The molecule has 4 nitrogen and oxygen atoms in total. The van der Waals surface area contributed by atoms with E-state index in [1.807, 2.05) is 18.7 Å². The van der Waals surface area contributed by atoms with Gasteiger partial charge >= 0.3 is 0 Å². The van der Waals surface area contributed by atoms with Gasteiger partial charge in [0.25, 0.3) is 0 Å². The monoisotopic (exact) mass is 270 g/mol. The Bertz CT molecular complexity index is 399. The minimum atomic E-state index is -0.652. The van der Waals surface area contributed by atoms with E-state index in [1.165, 1.54) is 6.07 Å². The van der Waals surface area contributed by atoms with Crippen LogP contribution in [-0.4, -0.2) is 39.1 Å². The van der Waals surface area contributed by atoms with Gasteiger partial charge in [0.1, 0.15) is 11.4 Å². The Hall–Kier alpha value is -1.17. The number of hydrogen-bond donors (Lipinski definition) is 1. The molecule has 0 bridgehead atoms. The molecule has 19 heavy (non-hydrogen) atoms. The Morgan fingerprint density at radius 2 is 1.89 bits per heavy atom. The average Bonchev–Trinajstić information content (AvgIpc) is 2.43. The summed E-state index contributed by atoms with van der Waals surface area (Å²) in [6.45, 7) is 4.72. The lowest BCUT2D eigenvalue weighted by Gasteiger charge is -2.45. The normalized spacial score (nSPS) is 14.5. The van der Waals surface area contributed by atoms with Crippen LogP contribution in [0.1, 0.15) is 13.8 Å². The van der Waals surface area contributed by atoms with E-state index in [4.69, 9.17) is 15.2 Å². The van der Waals surface area contributed by atoms with Crippen molar-refractivity contribution in [3.63, 3.8) is 0 Å². The van der Waals surface area contributed by atoms with Crippen LogP contribution in [0.4, 0.5) is 10.1 Å². The fourth-order valence-corrected chi connectivity index (χ4v) is 2.42. The highest BCUT2D eigenvalue weighted by Gasteiger charge is 2.40. The highest BCUT2D eigenvalue weighted by molar-refractivity contribution is 5.50. The first kappa shape index (κ1) is 15.9. The maximum Gasteiger partial charge on any atom is 0.180 e. The Morgan fingerprint density at radius 3 is 2.32 bits per heavy atom. The van der Waals surface area contributed by atoms with Crippen LogP contribution in [0, 0.1) is 5.82 Å². The van der Waals surface area contributed by atoms with Crippen LogP contribution in [0.2, 0.25) is 0 Å². The van der Waals surface area contributed by atoms with E-state index < -0.39 is 11.8 Å². The second kappa shape index (κ2) is 6.84. The lowest BCUT2D eigenvalue weighted by Crippen LogP contribution is -2.61. The van der Waals surface area contributed by atoms with Gasteiger partial charge in [0.2, 0.25) is 0 Å². The number of para-hydroxylation sites is 1. The van der Waals surface area contributed by atoms with Crippen LogP contribution >= 0.6 is 0 Å². The molecule has 1 rings (SSSR count). The van der Waals surface area contributed by atoms with Crippen molar-refractivity contribution in [3.05, 3.63) is 30.1 Å². The minimum Gasteiger partial charge on any atom is -0.358 e. The van der Waals surface area contributed by atoms with Gasteiger partial charge < -0.3 is 20.1 Å². The van der Waals surface area contributed by atoms with E-state index in [0.29, 0.717) is 12.2 Å². The Labute approximate surface area is 114 Å². The van der Waals surface area contributed by atoms with Crippen molar-refractivity contribution in [3.8, 4) is 0 Å². The third kappa shape index (κ3) is 3.05. The topological polar surface area (TPSA) is 47.7 Å². The molecular formula is C14H23FN2O2. The van der Waals surface area contributed by atoms with Crippen molar-refractivity contribution in [1.82, 2.24) is 0 Å². The number of ether oxygens (including phenoxy) is 2. The van der Waals surface area contributed by atoms with Gasteiger partial charge in [-0.1, -0.05) is 12.1 Å². The van der Waals surface area contributed by atoms with Gasteiger partial charge in [-0.2, -0.15) is 0 Å². The number of benzene rings is 1. The first-order valence-corrected chi connectivity index (χ1v) is 6.33. The molecule has 0 radical (unpaired) electrons. The summed E-state index contributed by atoms with van der Waals surface area (Å²) in [4.78, 5) is 1.88. The molecule has 0 amide bonds. The quantitative estimate of drug-likeness (QED) is 0.770. The maximum absolute atomic E-state index is 14.0. The maximum atomic E-state index is 14.0. The van der Waals surface area contributed by atoms with Gasteiger partial charge in [0.15, 0.2) is 6.29 Å². The molecule has 0 saturated carbocycles. The molecule has 1 aromatic rings. The summed E-state index contributed by atoms with van der Waals surface area (Å²) in [5.74, 6) is -0.282. The van der Waals surface area contributed by atoms with Crippen molar-refractivity contribution in [2.45, 2.75) is 25.7 Å². The van der Waals surface area contributed by atoms with E-state index in [1.54, 1.807) is 32.4 Å². The predicted octanol–water partition coefficient (Wildman–Crippen LogP) is 1.99. The summed E-state index contributed by atoms with van der Waals surface area (Å²) in [5.41, 5.74) is 5.74. The van der Waals surface area contributed by atoms with Crippen molar-refractivity contribution in [1.29, 1.82) is 0 Å². The van der Waals surface area contributed by atoms with Crippen LogP contribution < -0.4 is 10.6 Å². The largest absolute Gasteiger partial charge is 0.358 e. The van der Waals surface area contributed by atoms with Crippen LogP contribution in [0.15, 0.2) is 24.3 Å². The molecule has 0 fully saturated rings. The van der Waals surface area contributed by atoms with Gasteiger partial charge in [0, 0.05) is 27.3 Å². The van der Waals surface area contributed by atoms with Gasteiger partial charge in [-0.15, -0.1) is 0 Å². The molecule has 1 atom stereocenters. The van der Waals surface area contributed by atoms with Crippen LogP contribution in [0.5, 0.6) is 0 Å². The number of nitrogens with two attached hydrogens (primary N) is 1. The highest BCUT2D eigenvalue weighted by Crippen LogP contribution is 2.29. The van der Waals surface area contributed by atoms with E-state index in [9.17, 15) is 4.39 Å². The predicted molar refractivity (Wildman–Crippen MR) is 74.7 cm³/mol. The first-order valence-electron chi connectivity index (χ1n) is 6.33. The lowest BCUT2D eigenvalue weighted by molar-refractivity contribution is -0.141. The van der Waals surface area contributed by atoms with Crippen molar-refractivity contribution >= 4 is 5.69 Å². The van der Waals surface area contributed by atoms with E-state index >= 15 is 0 Å². The fourth-order valence-electron chi connectivity index (χ4n) is 2.42. The van der Waals surface area contributed by atoms with Crippen molar-refractivity contribution < 1.29 is 13.9 Å². The first-order chi connectivity index (χ1) is 9.04. The SMILES string of the molecule is CCN(c1ccccc1F)C(C)(CN)C(OC)OC. The molecule has 1 aromatic carbocycles. The van der Waals surface area contributed by atoms with Crippen molar-refractivity contribution in [2.75, 3.05) is 32.2 Å². The lowest BCUT2D eigenvalue weighted by atomic mass is 9.97. The van der Waals surface area contributed by atoms with E-state index in [2.05, 4.69) is 0 Å². The van der Waals surface area contributed by atoms with Gasteiger partial charge in [-0.25, -0.2) is 4.39 Å². The Kier molecular flexibility index (Phi) is 5.72. The van der Waals surface area contributed by atoms with Gasteiger partial charge in [-0.05, 0) is 26.0 Å². The molecule has 0 heterocycles. The van der Waals surface area contributed by atoms with E-state index in [0.717, 1.165) is 0 Å². The van der Waals surface area contributed by atoms with Crippen LogP contribution in [-0.2, 0) is 9.47 Å². The van der Waals surface area contributed by atoms with E-state index in [-0.39, 0.29) is 12.4 Å². The standard InChI is InChI=1S/C14H23FN2O2/c1-5-17(12-9-7-6-8-11(12)15)14(2,10-16)13(18-3)19-4/h6-9,13H,5,10,16H2,1-4H3. The molecule has 0 aliphatic carbocycles. The number of anilines is 1. The molecule has 2 N–H and O–H groups in total. The summed E-state index contributed by atoms with van der Waals surface area (Å²) in [5, 5.41) is 0. The second-order valence-corrected chi connectivity index (χ2v) is 4.56. The average molecular weight is 270 g/mol. The van der Waals surface area contributed by atoms with Crippen LogP contribution in [0.25, 0.3) is 0 Å². The number of likely N-dealkylation sites (N-methyl/N-ethyl adjacent to an activating group) is 1. The van der Waals surface area contributed by atoms with Gasteiger partial charge in [-0.3, -0.25) is 0 Å². The summed E-state index contributed by atoms with van der Waals surface area (Å²) in [7, 11) is 3.11. The van der Waals surface area contributed by atoms with Gasteiger partial charge in [0.05, 0.1) is 5.69 Å². The Balaban J connectivity index is 3.22. The molecule has 1 unspecified atom stereocenters. The minimum absolute atomic E-state index is 0.279. The number of rotatable bonds is 7. The molecular weight excluding hydrogens is 247 g/mol. The molecule has 5 heteroatoms. The smallest absolute Gasteiger partial charge is 0.180 e. The summed E-state index contributed by atoms with van der Waals surface area (Å²) in [6, 6.07) is 6.63. The molecule has 108 valence electrons. The summed E-state index contributed by atoms with van der Waals surface area (Å²) in [6.07, 6.45) is -0.544. The third-order valence-electron chi connectivity index (χ3n) is 3.43. The summed E-state index contributed by atoms with van der Waals surface area (Å²) < 4.78 is 24.7. The number of halogens is 1. The zero-order valence-electron chi connectivity index (χ0n) is 12.0. The fraction of sp³-hybridized carbons (Fsp3) is 0.571. The number of hydrogen-bond acceptors (Lipinski definition) is 4. The number of nitrogens with zero attached hydrogens (tertiary/aromatic N) is 1. The highest BCUT2D eigenvalue weighted by atomic mass is 19.1. The molecule has 0 aromatic heterocycles. The molecule has 0 spiro atoms. The summed E-state index contributed by atoms with van der Waals surface area (Å²) >= 11 is 0. The van der Waals surface area contributed by atoms with Crippen LogP contribution in [0.3, 0.4) is 0 Å². The molecule has 0 aliphatic heterocycles. The second-order valence-electron chi connectivity index (χ2n) is 4.56. The molecule has 0 saturated heterocycles. The Morgan fingerprint density at radius 1 is 1.32 bits per heavy atom.